The third-order valence-electron chi connectivity index (χ3n) is 2.13. The minimum atomic E-state index is -1.50. The Morgan fingerprint density at radius 1 is 0.938 bits per heavy atom. The van der Waals surface area contributed by atoms with Crippen LogP contribution in [0, 0.1) is 0 Å². The second-order valence-corrected chi connectivity index (χ2v) is 3.68. The first-order valence-electron chi connectivity index (χ1n) is 4.87. The zero-order valence-corrected chi connectivity index (χ0v) is 9.19. The molecule has 0 spiro atoms. The number of halogens is 2. The van der Waals surface area contributed by atoms with Crippen LogP contribution < -0.4 is 4.74 Å². The van der Waals surface area contributed by atoms with E-state index in [1.807, 2.05) is 6.07 Å². The second-order valence-electron chi connectivity index (χ2n) is 3.28. The highest BCUT2D eigenvalue weighted by molar-refractivity contribution is 6.32. The van der Waals surface area contributed by atoms with Gasteiger partial charge in [-0.05, 0) is 12.1 Å². The molecule has 0 bridgehead atoms. The smallest absolute Gasteiger partial charge is 0.264 e. The van der Waals surface area contributed by atoms with Gasteiger partial charge < -0.3 is 4.74 Å². The molecule has 0 aliphatic heterocycles. The van der Waals surface area contributed by atoms with E-state index in [9.17, 15) is 4.39 Å². The minimum Gasteiger partial charge on any atom is -0.455 e. The molecule has 2 aromatic carbocycles. The fourth-order valence-electron chi connectivity index (χ4n) is 1.32. The molecule has 0 N–H and O–H groups in total. The zero-order valence-electron chi connectivity index (χ0n) is 8.44. The lowest BCUT2D eigenvalue weighted by Crippen LogP contribution is -2.01. The normalized spacial score (nSPS) is 12.1. The van der Waals surface area contributed by atoms with Crippen LogP contribution in [0.15, 0.2) is 54.6 Å². The van der Waals surface area contributed by atoms with E-state index >= 15 is 0 Å². The van der Waals surface area contributed by atoms with Crippen LogP contribution in [0.1, 0.15) is 11.9 Å². The number of para-hydroxylation sites is 1. The van der Waals surface area contributed by atoms with Gasteiger partial charge in [-0.2, -0.15) is 4.39 Å². The summed E-state index contributed by atoms with van der Waals surface area (Å²) in [7, 11) is 0. The lowest BCUT2D eigenvalue weighted by Gasteiger charge is -2.12. The molecular weight excluding hydrogens is 227 g/mol. The number of alkyl halides is 1. The predicted octanol–water partition coefficient (Wildman–Crippen LogP) is 4.39. The van der Waals surface area contributed by atoms with E-state index in [1.54, 1.807) is 48.5 Å². The summed E-state index contributed by atoms with van der Waals surface area (Å²) >= 11 is 5.86. The average molecular weight is 237 g/mol. The predicted molar refractivity (Wildman–Crippen MR) is 62.4 cm³/mol. The van der Waals surface area contributed by atoms with Gasteiger partial charge in [0.05, 0.1) is 5.02 Å². The van der Waals surface area contributed by atoms with Gasteiger partial charge in [0, 0.05) is 5.56 Å². The molecule has 0 aliphatic carbocycles. The van der Waals surface area contributed by atoms with Gasteiger partial charge in [0.25, 0.3) is 6.36 Å². The number of hydrogen-bond acceptors (Lipinski definition) is 1. The Morgan fingerprint density at radius 2 is 1.56 bits per heavy atom. The molecule has 1 unspecified atom stereocenters. The van der Waals surface area contributed by atoms with Crippen molar-refractivity contribution in [1.82, 2.24) is 0 Å². The Bertz CT molecular complexity index is 458. The number of rotatable bonds is 3. The van der Waals surface area contributed by atoms with Crippen LogP contribution in [0.25, 0.3) is 0 Å². The third-order valence-corrected chi connectivity index (χ3v) is 2.44. The molecule has 2 rings (SSSR count). The first kappa shape index (κ1) is 11.0. The van der Waals surface area contributed by atoms with Crippen LogP contribution in [0.4, 0.5) is 4.39 Å². The van der Waals surface area contributed by atoms with Crippen molar-refractivity contribution in [3.8, 4) is 5.75 Å². The molecule has 0 aromatic heterocycles. The number of hydrogen-bond donors (Lipinski definition) is 0. The quantitative estimate of drug-likeness (QED) is 0.768. The molecule has 16 heavy (non-hydrogen) atoms. The highest BCUT2D eigenvalue weighted by atomic mass is 35.5. The number of ether oxygens (including phenoxy) is 1. The standard InChI is InChI=1S/C13H10ClFO/c14-11-8-4-5-9-12(11)16-13(15)10-6-2-1-3-7-10/h1-9,13H. The van der Waals surface area contributed by atoms with Crippen molar-refractivity contribution in [2.24, 2.45) is 0 Å². The third kappa shape index (κ3) is 2.52. The molecule has 0 aliphatic rings. The van der Waals surface area contributed by atoms with Gasteiger partial charge in [-0.1, -0.05) is 54.1 Å². The summed E-state index contributed by atoms with van der Waals surface area (Å²) in [6, 6.07) is 15.5. The van der Waals surface area contributed by atoms with Crippen LogP contribution in [0.2, 0.25) is 5.02 Å². The number of benzene rings is 2. The second kappa shape index (κ2) is 4.99. The highest BCUT2D eigenvalue weighted by Gasteiger charge is 2.12. The van der Waals surface area contributed by atoms with E-state index in [4.69, 9.17) is 16.3 Å². The molecule has 2 aromatic rings. The fraction of sp³-hybridized carbons (Fsp3) is 0.0769. The van der Waals surface area contributed by atoms with Crippen molar-refractivity contribution in [3.05, 3.63) is 65.2 Å². The van der Waals surface area contributed by atoms with E-state index in [1.165, 1.54) is 0 Å². The van der Waals surface area contributed by atoms with Crippen LogP contribution in [-0.4, -0.2) is 0 Å². The van der Waals surface area contributed by atoms with Gasteiger partial charge in [-0.15, -0.1) is 0 Å². The maximum atomic E-state index is 13.7. The van der Waals surface area contributed by atoms with Crippen LogP contribution in [-0.2, 0) is 0 Å². The van der Waals surface area contributed by atoms with E-state index < -0.39 is 6.36 Å². The van der Waals surface area contributed by atoms with E-state index in [0.29, 0.717) is 16.3 Å². The van der Waals surface area contributed by atoms with Gasteiger partial charge in [0.2, 0.25) is 0 Å². The Kier molecular flexibility index (Phi) is 3.42. The Balaban J connectivity index is 2.14. The van der Waals surface area contributed by atoms with Gasteiger partial charge in [-0.25, -0.2) is 0 Å². The molecule has 0 radical (unpaired) electrons. The summed E-state index contributed by atoms with van der Waals surface area (Å²) in [5.41, 5.74) is 0.474. The molecular formula is C13H10ClFO. The molecule has 0 saturated heterocycles. The molecule has 0 fully saturated rings. The van der Waals surface area contributed by atoms with Gasteiger partial charge in [0.1, 0.15) is 5.75 Å². The molecule has 3 heteroatoms. The highest BCUT2D eigenvalue weighted by Crippen LogP contribution is 2.29. The molecule has 0 amide bonds. The van der Waals surface area contributed by atoms with Crippen molar-refractivity contribution < 1.29 is 9.13 Å². The Hall–Kier alpha value is -1.54. The molecule has 1 nitrogen and oxygen atoms in total. The van der Waals surface area contributed by atoms with Crippen molar-refractivity contribution in [3.63, 3.8) is 0 Å². The van der Waals surface area contributed by atoms with Crippen molar-refractivity contribution in [1.29, 1.82) is 0 Å². The summed E-state index contributed by atoms with van der Waals surface area (Å²) < 4.78 is 18.9. The maximum Gasteiger partial charge on any atom is 0.264 e. The zero-order chi connectivity index (χ0) is 11.4. The van der Waals surface area contributed by atoms with E-state index in [2.05, 4.69) is 0 Å². The van der Waals surface area contributed by atoms with E-state index in [0.717, 1.165) is 0 Å². The molecule has 1 atom stereocenters. The summed E-state index contributed by atoms with van der Waals surface area (Å²) in [4.78, 5) is 0. The summed E-state index contributed by atoms with van der Waals surface area (Å²) in [5.74, 6) is 0.348. The monoisotopic (exact) mass is 236 g/mol. The largest absolute Gasteiger partial charge is 0.455 e. The topological polar surface area (TPSA) is 9.23 Å². The van der Waals surface area contributed by atoms with Crippen LogP contribution in [0.3, 0.4) is 0 Å². The molecule has 0 heterocycles. The lowest BCUT2D eigenvalue weighted by molar-refractivity contribution is 0.0673. The van der Waals surface area contributed by atoms with Crippen LogP contribution in [0.5, 0.6) is 5.75 Å². The summed E-state index contributed by atoms with van der Waals surface area (Å²) in [5, 5.41) is 0.404. The maximum absolute atomic E-state index is 13.7. The van der Waals surface area contributed by atoms with Crippen molar-refractivity contribution in [2.75, 3.05) is 0 Å². The summed E-state index contributed by atoms with van der Waals surface area (Å²) in [6.45, 7) is 0. The Morgan fingerprint density at radius 3 is 2.25 bits per heavy atom. The Labute approximate surface area is 98.4 Å². The van der Waals surface area contributed by atoms with Crippen molar-refractivity contribution >= 4 is 11.6 Å². The van der Waals surface area contributed by atoms with Gasteiger partial charge >= 0.3 is 0 Å². The molecule has 0 saturated carbocycles. The van der Waals surface area contributed by atoms with Crippen LogP contribution >= 0.6 is 11.6 Å². The summed E-state index contributed by atoms with van der Waals surface area (Å²) in [6.07, 6.45) is -1.50. The minimum absolute atomic E-state index is 0.348. The van der Waals surface area contributed by atoms with E-state index in [-0.39, 0.29) is 0 Å². The van der Waals surface area contributed by atoms with Gasteiger partial charge in [0.15, 0.2) is 0 Å². The fourth-order valence-corrected chi connectivity index (χ4v) is 1.50. The lowest BCUT2D eigenvalue weighted by atomic mass is 10.2. The first-order chi connectivity index (χ1) is 7.77. The average Bonchev–Trinajstić information content (AvgIpc) is 2.33. The SMILES string of the molecule is FC(Oc1ccccc1Cl)c1ccccc1. The van der Waals surface area contributed by atoms with Crippen molar-refractivity contribution in [2.45, 2.75) is 6.36 Å². The van der Waals surface area contributed by atoms with Gasteiger partial charge in [-0.3, -0.25) is 0 Å². The first-order valence-corrected chi connectivity index (χ1v) is 5.25. The molecule has 82 valence electrons.